The van der Waals surface area contributed by atoms with Gasteiger partial charge in [-0.2, -0.15) is 0 Å². The summed E-state index contributed by atoms with van der Waals surface area (Å²) in [7, 11) is -3.63. The highest BCUT2D eigenvalue weighted by Crippen LogP contribution is 2.18. The zero-order valence-corrected chi connectivity index (χ0v) is 14.8. The van der Waals surface area contributed by atoms with Gasteiger partial charge in [0.2, 0.25) is 0 Å². The molecular weight excluding hydrogens is 294 g/mol. The first-order valence-corrected chi connectivity index (χ1v) is 13.2. The van der Waals surface area contributed by atoms with Gasteiger partial charge in [-0.15, -0.1) is 0 Å². The van der Waals surface area contributed by atoms with E-state index in [0.717, 1.165) is 0 Å². The Balaban J connectivity index is 2.36. The lowest BCUT2D eigenvalue weighted by molar-refractivity contribution is -0.384. The van der Waals surface area contributed by atoms with Gasteiger partial charge >= 0.3 is 0 Å². The van der Waals surface area contributed by atoms with E-state index < -0.39 is 16.1 Å². The first kappa shape index (κ1) is 14.2. The van der Waals surface area contributed by atoms with Crippen LogP contribution >= 0.6 is 0 Å². The lowest BCUT2D eigenvalue weighted by atomic mass is 10.3. The maximum absolute atomic E-state index is 11.1. The summed E-state index contributed by atoms with van der Waals surface area (Å²) in [5.74, 6) is 0. The molecule has 0 aromatic heterocycles. The third-order valence-electron chi connectivity index (χ3n) is 4.83. The van der Waals surface area contributed by atoms with Crippen LogP contribution in [0, 0.1) is 10.1 Å². The van der Waals surface area contributed by atoms with E-state index in [-0.39, 0.29) is 10.6 Å². The van der Waals surface area contributed by atoms with Crippen LogP contribution in [0.1, 0.15) is 0 Å². The quantitative estimate of drug-likeness (QED) is 0.455. The zero-order chi connectivity index (χ0) is 15.4. The fourth-order valence-corrected chi connectivity index (χ4v) is 13.0. The van der Waals surface area contributed by atoms with Crippen molar-refractivity contribution >= 4 is 42.6 Å². The normalized spacial score (nSPS) is 17.7. The van der Waals surface area contributed by atoms with Gasteiger partial charge in [0.1, 0.15) is 16.1 Å². The van der Waals surface area contributed by atoms with E-state index >= 15 is 0 Å². The third-order valence-corrected chi connectivity index (χ3v) is 12.4. The molecule has 0 saturated heterocycles. The summed E-state index contributed by atoms with van der Waals surface area (Å²) in [4.78, 5) is 10.9. The van der Waals surface area contributed by atoms with Crippen molar-refractivity contribution in [2.24, 2.45) is 0 Å². The molecule has 108 valence electrons. The molecule has 5 heteroatoms. The second kappa shape index (κ2) is 4.38. The van der Waals surface area contributed by atoms with Crippen molar-refractivity contribution in [1.29, 1.82) is 0 Å². The van der Waals surface area contributed by atoms with Crippen LogP contribution in [0.4, 0.5) is 5.69 Å². The minimum absolute atomic E-state index is 0.221. The van der Waals surface area contributed by atoms with Crippen molar-refractivity contribution in [2.75, 3.05) is 0 Å². The Kier molecular flexibility index (Phi) is 2.97. The molecule has 0 atom stereocenters. The maximum Gasteiger partial charge on any atom is 0.269 e. The van der Waals surface area contributed by atoms with E-state index in [1.54, 1.807) is 6.07 Å². The predicted octanol–water partition coefficient (Wildman–Crippen LogP) is 1.55. The summed E-state index contributed by atoms with van der Waals surface area (Å²) in [6, 6.07) is 14.2. The Labute approximate surface area is 126 Å². The molecule has 21 heavy (non-hydrogen) atoms. The largest absolute Gasteiger partial charge is 0.269 e. The monoisotopic (exact) mass is 313 g/mol. The fourth-order valence-electron chi connectivity index (χ4n) is 3.57. The summed E-state index contributed by atoms with van der Waals surface area (Å²) in [6.07, 6.45) is 0. The number of benzene rings is 2. The fraction of sp³-hybridized carbons (Fsp3) is 0.250. The molecule has 0 spiro atoms. The molecule has 0 amide bonds. The topological polar surface area (TPSA) is 43.1 Å². The molecule has 2 aromatic carbocycles. The number of rotatable bonds is 1. The van der Waals surface area contributed by atoms with E-state index in [0.29, 0.717) is 0 Å². The van der Waals surface area contributed by atoms with Crippen LogP contribution in [0.15, 0.2) is 42.5 Å². The molecule has 0 bridgehead atoms. The Morgan fingerprint density at radius 1 is 0.810 bits per heavy atom. The molecule has 1 aliphatic rings. The minimum Gasteiger partial charge on any atom is -0.258 e. The summed E-state index contributed by atoms with van der Waals surface area (Å²) >= 11 is 0. The minimum atomic E-state index is -1.87. The Hall–Kier alpha value is -1.73. The molecule has 0 aliphatic carbocycles. The summed E-state index contributed by atoms with van der Waals surface area (Å²) in [6.45, 7) is 9.30. The van der Waals surface area contributed by atoms with E-state index in [4.69, 9.17) is 0 Å². The molecule has 0 fully saturated rings. The third kappa shape index (κ3) is 1.91. The Bertz CT molecular complexity index is 754. The van der Waals surface area contributed by atoms with Crippen molar-refractivity contribution in [3.8, 4) is 0 Å². The molecule has 0 saturated carbocycles. The van der Waals surface area contributed by atoms with Crippen LogP contribution in [0.5, 0.6) is 0 Å². The smallest absolute Gasteiger partial charge is 0.258 e. The van der Waals surface area contributed by atoms with Crippen molar-refractivity contribution in [3.63, 3.8) is 0 Å². The molecule has 1 heterocycles. The average Bonchev–Trinajstić information content (AvgIpc) is 2.45. The van der Waals surface area contributed by atoms with Gasteiger partial charge in [-0.1, -0.05) is 72.1 Å². The lowest BCUT2D eigenvalue weighted by Gasteiger charge is -2.41. The van der Waals surface area contributed by atoms with E-state index in [9.17, 15) is 10.1 Å². The molecule has 0 N–H and O–H groups in total. The van der Waals surface area contributed by atoms with Crippen LogP contribution < -0.4 is 20.7 Å². The van der Waals surface area contributed by atoms with E-state index in [2.05, 4.69) is 50.5 Å². The van der Waals surface area contributed by atoms with Crippen molar-refractivity contribution in [1.82, 2.24) is 0 Å². The highest BCUT2D eigenvalue weighted by atomic mass is 28.3. The Morgan fingerprint density at radius 2 is 1.29 bits per heavy atom. The molecule has 3 nitrogen and oxygen atoms in total. The van der Waals surface area contributed by atoms with Gasteiger partial charge in [-0.05, 0) is 5.19 Å². The average molecular weight is 314 g/mol. The number of hydrogen-bond donors (Lipinski definition) is 0. The van der Waals surface area contributed by atoms with E-state index in [1.807, 2.05) is 12.1 Å². The molecular formula is C16H19NO2Si2. The van der Waals surface area contributed by atoms with Crippen LogP contribution in [-0.4, -0.2) is 21.1 Å². The molecule has 0 unspecified atom stereocenters. The van der Waals surface area contributed by atoms with Gasteiger partial charge in [-0.3, -0.25) is 10.1 Å². The second-order valence-corrected chi connectivity index (χ2v) is 15.4. The van der Waals surface area contributed by atoms with Crippen molar-refractivity contribution in [2.45, 2.75) is 26.2 Å². The summed E-state index contributed by atoms with van der Waals surface area (Å²) in [5.41, 5.74) is 0.221. The van der Waals surface area contributed by atoms with Gasteiger partial charge in [0.25, 0.3) is 5.69 Å². The standard InChI is InChI=1S/C16H19NO2Si2/c1-20(2)13-7-5-6-8-14(13)21(3,4)16-11-12(17(18)19)9-10-15(16)20/h5-11H,1-4H3. The number of fused-ring (bicyclic) bond motifs is 2. The molecule has 2 aromatic rings. The number of nitrogens with zero attached hydrogens (tertiary/aromatic N) is 1. The van der Waals surface area contributed by atoms with Gasteiger partial charge in [-0.25, -0.2) is 0 Å². The highest BCUT2D eigenvalue weighted by molar-refractivity contribution is 7.16. The van der Waals surface area contributed by atoms with E-state index in [1.165, 1.54) is 20.7 Å². The summed E-state index contributed by atoms with van der Waals surface area (Å²) in [5, 5.41) is 16.7. The molecule has 0 radical (unpaired) electrons. The highest BCUT2D eigenvalue weighted by Gasteiger charge is 2.44. The first-order chi connectivity index (χ1) is 9.76. The number of hydrogen-bond acceptors (Lipinski definition) is 2. The molecule has 3 rings (SSSR count). The number of nitro benzene ring substituents is 1. The first-order valence-electron chi connectivity index (χ1n) is 7.15. The van der Waals surface area contributed by atoms with Gasteiger partial charge in [0, 0.05) is 12.1 Å². The zero-order valence-electron chi connectivity index (χ0n) is 12.8. The number of nitro groups is 1. The van der Waals surface area contributed by atoms with Crippen LogP contribution in [0.25, 0.3) is 0 Å². The molecule has 1 aliphatic heterocycles. The predicted molar refractivity (Wildman–Crippen MR) is 93.0 cm³/mol. The number of non-ortho nitro benzene ring substituents is 1. The van der Waals surface area contributed by atoms with Gasteiger partial charge in [0.15, 0.2) is 0 Å². The second-order valence-electron chi connectivity index (χ2n) is 6.78. The lowest BCUT2D eigenvalue weighted by Crippen LogP contribution is -2.77. The van der Waals surface area contributed by atoms with Crippen LogP contribution in [0.2, 0.25) is 26.2 Å². The van der Waals surface area contributed by atoms with Crippen molar-refractivity contribution < 1.29 is 4.92 Å². The van der Waals surface area contributed by atoms with Crippen molar-refractivity contribution in [3.05, 3.63) is 52.6 Å². The SMILES string of the molecule is C[Si]1(C)c2ccccc2[Si](C)(C)c2cc([N+](=O)[O-])ccc21. The van der Waals surface area contributed by atoms with Crippen LogP contribution in [0.3, 0.4) is 0 Å². The van der Waals surface area contributed by atoms with Crippen LogP contribution in [-0.2, 0) is 0 Å². The Morgan fingerprint density at radius 3 is 1.81 bits per heavy atom. The summed E-state index contributed by atoms with van der Waals surface area (Å²) < 4.78 is 0. The van der Waals surface area contributed by atoms with Gasteiger partial charge < -0.3 is 0 Å². The maximum atomic E-state index is 11.1. The van der Waals surface area contributed by atoms with Gasteiger partial charge in [0.05, 0.1) is 4.92 Å².